The van der Waals surface area contributed by atoms with Crippen molar-refractivity contribution in [3.63, 3.8) is 0 Å². The van der Waals surface area contributed by atoms with E-state index in [1.54, 1.807) is 23.6 Å². The first kappa shape index (κ1) is 22.9. The summed E-state index contributed by atoms with van der Waals surface area (Å²) in [5.74, 6) is -1.05. The fourth-order valence-corrected chi connectivity index (χ4v) is 4.07. The van der Waals surface area contributed by atoms with Crippen LogP contribution in [0.5, 0.6) is 0 Å². The van der Waals surface area contributed by atoms with E-state index in [0.717, 1.165) is 11.3 Å². The second-order valence-electron chi connectivity index (χ2n) is 7.58. The third-order valence-corrected chi connectivity index (χ3v) is 5.74. The number of pyridine rings is 1. The summed E-state index contributed by atoms with van der Waals surface area (Å²) in [6.45, 7) is 1.24. The van der Waals surface area contributed by atoms with Crippen LogP contribution < -0.4 is 10.6 Å². The molecule has 0 saturated heterocycles. The highest BCUT2D eigenvalue weighted by Crippen LogP contribution is 2.34. The van der Waals surface area contributed by atoms with Crippen molar-refractivity contribution in [3.8, 4) is 11.4 Å². The molecule has 1 atom stereocenters. The summed E-state index contributed by atoms with van der Waals surface area (Å²) in [6, 6.07) is 8.87. The smallest absolute Gasteiger partial charge is 0.280 e. The minimum absolute atomic E-state index is 0.0920. The molecule has 1 unspecified atom stereocenters. The number of benzene rings is 1. The molecule has 1 aliphatic rings. The number of amides is 2. The standard InChI is InChI=1S/C22H19F3N4O3S/c1-22(25)11-32-9-13-6-5-12(7-14(13)22)20(31)26-8-18(30)29-21-28-17(10-33-21)15-3-2-4-16(27-15)19(23)24/h2-7,10,19H,8-9,11H2,1H3,(H,26,31)(H,28,29,30). The maximum Gasteiger partial charge on any atom is 0.280 e. The van der Waals surface area contributed by atoms with Gasteiger partial charge in [0.1, 0.15) is 11.4 Å². The Morgan fingerprint density at radius 2 is 2.03 bits per heavy atom. The fourth-order valence-electron chi connectivity index (χ4n) is 3.35. The van der Waals surface area contributed by atoms with Crippen LogP contribution in [0.3, 0.4) is 0 Å². The SMILES string of the molecule is CC1(F)COCc2ccc(C(=O)NCC(=O)Nc3nc(-c4cccc(C(F)F)n4)cs3)cc21. The second kappa shape index (κ2) is 9.28. The van der Waals surface area contributed by atoms with Crippen LogP contribution in [0.25, 0.3) is 11.4 Å². The lowest BCUT2D eigenvalue weighted by Crippen LogP contribution is -2.34. The Morgan fingerprint density at radius 1 is 1.21 bits per heavy atom. The predicted octanol–water partition coefficient (Wildman–Crippen LogP) is 4.23. The number of nitrogens with zero attached hydrogens (tertiary/aromatic N) is 2. The highest BCUT2D eigenvalue weighted by molar-refractivity contribution is 7.14. The van der Waals surface area contributed by atoms with E-state index >= 15 is 0 Å². The minimum atomic E-state index is -2.70. The molecule has 0 bridgehead atoms. The highest BCUT2D eigenvalue weighted by Gasteiger charge is 2.33. The Labute approximate surface area is 191 Å². The summed E-state index contributed by atoms with van der Waals surface area (Å²) in [5.41, 5.74) is -0.164. The number of nitrogens with one attached hydrogen (secondary N) is 2. The molecular formula is C22H19F3N4O3S. The molecule has 7 nitrogen and oxygen atoms in total. The molecule has 172 valence electrons. The number of rotatable bonds is 6. The molecule has 0 fully saturated rings. The topological polar surface area (TPSA) is 93.2 Å². The zero-order valence-corrected chi connectivity index (χ0v) is 18.2. The van der Waals surface area contributed by atoms with Crippen LogP contribution in [-0.4, -0.2) is 34.9 Å². The van der Waals surface area contributed by atoms with Crippen molar-refractivity contribution in [3.05, 3.63) is 64.2 Å². The number of anilines is 1. The summed E-state index contributed by atoms with van der Waals surface area (Å²) < 4.78 is 45.6. The van der Waals surface area contributed by atoms with Crippen LogP contribution in [0.1, 0.15) is 40.5 Å². The molecule has 2 aromatic heterocycles. The molecule has 3 aromatic rings. The van der Waals surface area contributed by atoms with Gasteiger partial charge in [0.2, 0.25) is 5.91 Å². The molecule has 2 N–H and O–H groups in total. The van der Waals surface area contributed by atoms with Gasteiger partial charge in [-0.25, -0.2) is 23.1 Å². The van der Waals surface area contributed by atoms with Gasteiger partial charge in [-0.05, 0) is 42.3 Å². The summed E-state index contributed by atoms with van der Waals surface area (Å²) in [4.78, 5) is 32.7. The van der Waals surface area contributed by atoms with Crippen molar-refractivity contribution in [2.24, 2.45) is 0 Å². The number of hydrogen-bond donors (Lipinski definition) is 2. The summed E-state index contributed by atoms with van der Waals surface area (Å²) in [5, 5.41) is 6.84. The van der Waals surface area contributed by atoms with Gasteiger partial charge in [0.15, 0.2) is 10.8 Å². The Hall–Kier alpha value is -3.31. The van der Waals surface area contributed by atoms with Gasteiger partial charge in [0, 0.05) is 10.9 Å². The average molecular weight is 476 g/mol. The van der Waals surface area contributed by atoms with Gasteiger partial charge in [-0.3, -0.25) is 9.59 Å². The van der Waals surface area contributed by atoms with Crippen molar-refractivity contribution in [2.45, 2.75) is 25.6 Å². The van der Waals surface area contributed by atoms with Crippen LogP contribution in [0.15, 0.2) is 41.8 Å². The first-order chi connectivity index (χ1) is 15.7. The fraction of sp³-hybridized carbons (Fsp3) is 0.273. The highest BCUT2D eigenvalue weighted by atomic mass is 32.1. The van der Waals surface area contributed by atoms with Crippen molar-refractivity contribution in [1.29, 1.82) is 0 Å². The first-order valence-corrected chi connectivity index (χ1v) is 10.8. The van der Waals surface area contributed by atoms with E-state index in [1.807, 2.05) is 0 Å². The average Bonchev–Trinajstić information content (AvgIpc) is 3.25. The molecule has 1 aromatic carbocycles. The van der Waals surface area contributed by atoms with Crippen LogP contribution >= 0.6 is 11.3 Å². The van der Waals surface area contributed by atoms with Crippen molar-refractivity contribution >= 4 is 28.3 Å². The van der Waals surface area contributed by atoms with Gasteiger partial charge in [-0.1, -0.05) is 12.1 Å². The number of aromatic nitrogens is 2. The molecule has 0 spiro atoms. The van der Waals surface area contributed by atoms with E-state index in [0.29, 0.717) is 16.8 Å². The minimum Gasteiger partial charge on any atom is -0.373 e. The number of halogens is 3. The lowest BCUT2D eigenvalue weighted by Gasteiger charge is -2.29. The van der Waals surface area contributed by atoms with Gasteiger partial charge in [-0.2, -0.15) is 0 Å². The van der Waals surface area contributed by atoms with Crippen LogP contribution in [0.2, 0.25) is 0 Å². The van der Waals surface area contributed by atoms with Crippen LogP contribution in [-0.2, 0) is 21.8 Å². The predicted molar refractivity (Wildman–Crippen MR) is 116 cm³/mol. The second-order valence-corrected chi connectivity index (χ2v) is 8.44. The van der Waals surface area contributed by atoms with Gasteiger partial charge < -0.3 is 15.4 Å². The Balaban J connectivity index is 1.36. The third kappa shape index (κ3) is 5.20. The molecule has 0 aliphatic carbocycles. The van der Waals surface area contributed by atoms with Crippen LogP contribution in [0.4, 0.5) is 18.3 Å². The molecule has 1 aliphatic heterocycles. The number of hydrogen-bond acceptors (Lipinski definition) is 6. The van der Waals surface area contributed by atoms with E-state index in [-0.39, 0.29) is 41.8 Å². The van der Waals surface area contributed by atoms with Crippen molar-refractivity contribution in [2.75, 3.05) is 18.5 Å². The molecule has 4 rings (SSSR count). The van der Waals surface area contributed by atoms with Gasteiger partial charge >= 0.3 is 0 Å². The molecule has 11 heteroatoms. The summed E-state index contributed by atoms with van der Waals surface area (Å²) in [7, 11) is 0. The van der Waals surface area contributed by atoms with E-state index in [1.165, 1.54) is 25.1 Å². The number of thiazole rings is 1. The molecule has 3 heterocycles. The molecule has 2 amide bonds. The Bertz CT molecular complexity index is 1200. The number of carbonyl (C=O) groups excluding carboxylic acids is 2. The quantitative estimate of drug-likeness (QED) is 0.556. The van der Waals surface area contributed by atoms with E-state index in [4.69, 9.17) is 4.74 Å². The van der Waals surface area contributed by atoms with Crippen molar-refractivity contribution in [1.82, 2.24) is 15.3 Å². The summed E-state index contributed by atoms with van der Waals surface area (Å²) in [6.07, 6.45) is -2.70. The molecule has 0 saturated carbocycles. The monoisotopic (exact) mass is 476 g/mol. The van der Waals surface area contributed by atoms with Crippen LogP contribution in [0, 0.1) is 0 Å². The lowest BCUT2D eigenvalue weighted by atomic mass is 9.90. The number of ether oxygens (including phenoxy) is 1. The van der Waals surface area contributed by atoms with Gasteiger partial charge in [0.05, 0.1) is 25.5 Å². The molecule has 33 heavy (non-hydrogen) atoms. The number of alkyl halides is 3. The van der Waals surface area contributed by atoms with Gasteiger partial charge in [0.25, 0.3) is 12.3 Å². The normalized spacial score (nSPS) is 17.5. The number of fused-ring (bicyclic) bond motifs is 1. The number of carbonyl (C=O) groups is 2. The Kier molecular flexibility index (Phi) is 6.43. The maximum absolute atomic E-state index is 14.7. The Morgan fingerprint density at radius 3 is 2.82 bits per heavy atom. The summed E-state index contributed by atoms with van der Waals surface area (Å²) >= 11 is 1.10. The van der Waals surface area contributed by atoms with E-state index in [9.17, 15) is 22.8 Å². The molecule has 0 radical (unpaired) electrons. The third-order valence-electron chi connectivity index (χ3n) is 4.98. The zero-order chi connectivity index (χ0) is 23.6. The van der Waals surface area contributed by atoms with Crippen molar-refractivity contribution < 1.29 is 27.5 Å². The molecular weight excluding hydrogens is 457 g/mol. The largest absolute Gasteiger partial charge is 0.373 e. The van der Waals surface area contributed by atoms with Gasteiger partial charge in [-0.15, -0.1) is 11.3 Å². The van der Waals surface area contributed by atoms with E-state index < -0.39 is 23.9 Å². The lowest BCUT2D eigenvalue weighted by molar-refractivity contribution is -0.115. The van der Waals surface area contributed by atoms with E-state index in [2.05, 4.69) is 20.6 Å². The zero-order valence-electron chi connectivity index (χ0n) is 17.4. The first-order valence-electron chi connectivity index (χ1n) is 9.92. The maximum atomic E-state index is 14.7.